The number of benzene rings is 1. The summed E-state index contributed by atoms with van der Waals surface area (Å²) < 4.78 is 0. The normalized spacial score (nSPS) is 11.0. The van der Waals surface area contributed by atoms with Crippen molar-refractivity contribution < 1.29 is 9.90 Å². The Morgan fingerprint density at radius 2 is 1.19 bits per heavy atom. The topological polar surface area (TPSA) is 37.3 Å². The maximum Gasteiger partial charge on any atom is 0.162 e. The molecule has 1 N–H and O–H groups in total. The Hall–Kier alpha value is -1.31. The molecule has 1 aromatic carbocycles. The third-order valence-corrected chi connectivity index (χ3v) is 5.53. The molecule has 0 aliphatic heterocycles. The summed E-state index contributed by atoms with van der Waals surface area (Å²) in [5.74, 6) is 0.464. The third-order valence-electron chi connectivity index (χ3n) is 5.53. The molecule has 0 aromatic heterocycles. The number of hydrogen-bond donors (Lipinski definition) is 1. The van der Waals surface area contributed by atoms with Gasteiger partial charge in [0.15, 0.2) is 5.78 Å². The molecule has 0 spiro atoms. The van der Waals surface area contributed by atoms with Gasteiger partial charge in [-0.2, -0.15) is 0 Å². The second-order valence-electron chi connectivity index (χ2n) is 8.12. The molecule has 0 heterocycles. The van der Waals surface area contributed by atoms with E-state index in [-0.39, 0.29) is 11.5 Å². The summed E-state index contributed by atoms with van der Waals surface area (Å²) >= 11 is 0. The van der Waals surface area contributed by atoms with Gasteiger partial charge in [-0.05, 0) is 37.1 Å². The standard InChI is InChI=1S/C25H42O2/c1-3-4-5-6-7-8-9-10-11-12-13-14-15-16-17-18-25(27)23-19-20-24(26)22(2)21-23/h19-21,26H,3-18H2,1-2H3. The Morgan fingerprint density at radius 1 is 0.741 bits per heavy atom. The van der Waals surface area contributed by atoms with E-state index in [4.69, 9.17) is 0 Å². The Balaban J connectivity index is 1.87. The Labute approximate surface area is 167 Å². The van der Waals surface area contributed by atoms with Gasteiger partial charge in [0.2, 0.25) is 0 Å². The average Bonchev–Trinajstić information content (AvgIpc) is 2.66. The number of aryl methyl sites for hydroxylation is 1. The quantitative estimate of drug-likeness (QED) is 0.221. The number of ketones is 1. The molecule has 1 aromatic rings. The number of phenols is 1. The van der Waals surface area contributed by atoms with Gasteiger partial charge in [0.25, 0.3) is 0 Å². The van der Waals surface area contributed by atoms with Gasteiger partial charge in [0.1, 0.15) is 5.75 Å². The minimum absolute atomic E-state index is 0.202. The molecular weight excluding hydrogens is 332 g/mol. The Bertz CT molecular complexity index is 507. The van der Waals surface area contributed by atoms with Gasteiger partial charge >= 0.3 is 0 Å². The number of phenolic OH excluding ortho intramolecular Hbond substituents is 1. The molecule has 0 aliphatic carbocycles. The van der Waals surface area contributed by atoms with Crippen LogP contribution >= 0.6 is 0 Å². The second-order valence-corrected chi connectivity index (χ2v) is 8.12. The molecule has 0 amide bonds. The Morgan fingerprint density at radius 3 is 1.63 bits per heavy atom. The van der Waals surface area contributed by atoms with Gasteiger partial charge in [-0.1, -0.05) is 96.8 Å². The van der Waals surface area contributed by atoms with Crippen LogP contribution in [0, 0.1) is 6.92 Å². The minimum Gasteiger partial charge on any atom is -0.508 e. The van der Waals surface area contributed by atoms with E-state index in [0.717, 1.165) is 24.0 Å². The number of hydrogen-bond acceptors (Lipinski definition) is 2. The predicted molar refractivity (Wildman–Crippen MR) is 117 cm³/mol. The lowest BCUT2D eigenvalue weighted by Crippen LogP contribution is -1.99. The van der Waals surface area contributed by atoms with Crippen LogP contribution in [0.1, 0.15) is 126 Å². The van der Waals surface area contributed by atoms with Crippen LogP contribution < -0.4 is 0 Å². The van der Waals surface area contributed by atoms with Crippen molar-refractivity contribution >= 4 is 5.78 Å². The lowest BCUT2D eigenvalue weighted by Gasteiger charge is -2.05. The van der Waals surface area contributed by atoms with Crippen LogP contribution in [0.5, 0.6) is 5.75 Å². The summed E-state index contributed by atoms with van der Waals surface area (Å²) in [6, 6.07) is 5.15. The lowest BCUT2D eigenvalue weighted by atomic mass is 10.0. The highest BCUT2D eigenvalue weighted by molar-refractivity contribution is 5.96. The van der Waals surface area contributed by atoms with Crippen LogP contribution in [0.2, 0.25) is 0 Å². The second kappa shape index (κ2) is 15.7. The summed E-state index contributed by atoms with van der Waals surface area (Å²) in [5.41, 5.74) is 1.51. The van der Waals surface area contributed by atoms with E-state index in [9.17, 15) is 9.90 Å². The molecule has 0 saturated heterocycles. The number of unbranched alkanes of at least 4 members (excludes halogenated alkanes) is 14. The zero-order chi connectivity index (χ0) is 19.7. The smallest absolute Gasteiger partial charge is 0.162 e. The van der Waals surface area contributed by atoms with E-state index < -0.39 is 0 Å². The predicted octanol–water partition coefficient (Wildman–Crippen LogP) is 8.14. The molecule has 154 valence electrons. The fourth-order valence-electron chi connectivity index (χ4n) is 3.63. The van der Waals surface area contributed by atoms with Gasteiger partial charge in [0, 0.05) is 12.0 Å². The first-order valence-corrected chi connectivity index (χ1v) is 11.5. The van der Waals surface area contributed by atoms with Crippen molar-refractivity contribution in [1.29, 1.82) is 0 Å². The summed E-state index contributed by atoms with van der Waals surface area (Å²) in [4.78, 5) is 12.2. The summed E-state index contributed by atoms with van der Waals surface area (Å²) in [7, 11) is 0. The van der Waals surface area contributed by atoms with Crippen LogP contribution in [0.3, 0.4) is 0 Å². The van der Waals surface area contributed by atoms with Crippen LogP contribution in [-0.2, 0) is 0 Å². The first kappa shape index (κ1) is 23.7. The largest absolute Gasteiger partial charge is 0.508 e. The molecule has 2 nitrogen and oxygen atoms in total. The molecule has 0 bridgehead atoms. The van der Waals surface area contributed by atoms with Crippen LogP contribution in [0.25, 0.3) is 0 Å². The van der Waals surface area contributed by atoms with E-state index in [0.29, 0.717) is 6.42 Å². The number of carbonyl (C=O) groups is 1. The van der Waals surface area contributed by atoms with E-state index in [1.54, 1.807) is 18.2 Å². The number of carbonyl (C=O) groups excluding carboxylic acids is 1. The average molecular weight is 375 g/mol. The van der Waals surface area contributed by atoms with Crippen molar-refractivity contribution in [3.05, 3.63) is 29.3 Å². The van der Waals surface area contributed by atoms with Crippen molar-refractivity contribution in [2.75, 3.05) is 0 Å². The van der Waals surface area contributed by atoms with Crippen LogP contribution in [-0.4, -0.2) is 10.9 Å². The summed E-state index contributed by atoms with van der Waals surface area (Å²) in [5, 5.41) is 9.53. The van der Waals surface area contributed by atoms with Gasteiger partial charge in [-0.3, -0.25) is 4.79 Å². The number of Topliss-reactive ketones (excluding diaryl/α,β-unsaturated/α-hetero) is 1. The maximum atomic E-state index is 12.2. The van der Waals surface area contributed by atoms with Crippen molar-refractivity contribution in [1.82, 2.24) is 0 Å². The highest BCUT2D eigenvalue weighted by atomic mass is 16.3. The SMILES string of the molecule is CCCCCCCCCCCCCCCCCC(=O)c1ccc(O)c(C)c1. The van der Waals surface area contributed by atoms with E-state index in [1.807, 2.05) is 6.92 Å². The molecule has 0 unspecified atom stereocenters. The molecular formula is C25H42O2. The van der Waals surface area contributed by atoms with Crippen molar-refractivity contribution in [2.45, 2.75) is 117 Å². The summed E-state index contributed by atoms with van der Waals surface area (Å²) in [6.07, 6.45) is 20.7. The zero-order valence-corrected chi connectivity index (χ0v) is 17.9. The minimum atomic E-state index is 0.202. The van der Waals surface area contributed by atoms with Gasteiger partial charge in [-0.15, -0.1) is 0 Å². The highest BCUT2D eigenvalue weighted by Crippen LogP contribution is 2.19. The van der Waals surface area contributed by atoms with Gasteiger partial charge < -0.3 is 5.11 Å². The number of rotatable bonds is 17. The molecule has 0 atom stereocenters. The lowest BCUT2D eigenvalue weighted by molar-refractivity contribution is 0.0979. The zero-order valence-electron chi connectivity index (χ0n) is 17.9. The molecule has 0 saturated carbocycles. The van der Waals surface area contributed by atoms with E-state index in [1.165, 1.54) is 83.5 Å². The third kappa shape index (κ3) is 11.9. The monoisotopic (exact) mass is 374 g/mol. The number of aromatic hydroxyl groups is 1. The van der Waals surface area contributed by atoms with Gasteiger partial charge in [0.05, 0.1) is 0 Å². The van der Waals surface area contributed by atoms with Crippen LogP contribution in [0.4, 0.5) is 0 Å². The van der Waals surface area contributed by atoms with Gasteiger partial charge in [-0.25, -0.2) is 0 Å². The fourth-order valence-corrected chi connectivity index (χ4v) is 3.63. The first-order chi connectivity index (χ1) is 13.1. The van der Waals surface area contributed by atoms with E-state index in [2.05, 4.69) is 6.92 Å². The molecule has 1 rings (SSSR count). The molecule has 0 aliphatic rings. The molecule has 0 radical (unpaired) electrons. The molecule has 0 fully saturated rings. The van der Waals surface area contributed by atoms with Crippen molar-refractivity contribution in [3.8, 4) is 5.75 Å². The van der Waals surface area contributed by atoms with Crippen LogP contribution in [0.15, 0.2) is 18.2 Å². The molecule has 27 heavy (non-hydrogen) atoms. The fraction of sp³-hybridized carbons (Fsp3) is 0.720. The van der Waals surface area contributed by atoms with Crippen molar-refractivity contribution in [2.24, 2.45) is 0 Å². The maximum absolute atomic E-state index is 12.2. The first-order valence-electron chi connectivity index (χ1n) is 11.5. The highest BCUT2D eigenvalue weighted by Gasteiger charge is 2.07. The van der Waals surface area contributed by atoms with Crippen molar-refractivity contribution in [3.63, 3.8) is 0 Å². The Kier molecular flexibility index (Phi) is 13.8. The molecule has 2 heteroatoms. The van der Waals surface area contributed by atoms with E-state index >= 15 is 0 Å². The summed E-state index contributed by atoms with van der Waals surface area (Å²) in [6.45, 7) is 4.11.